The van der Waals surface area contributed by atoms with Gasteiger partial charge in [-0.1, -0.05) is 23.8 Å². The highest BCUT2D eigenvalue weighted by molar-refractivity contribution is 5.57. The van der Waals surface area contributed by atoms with Crippen molar-refractivity contribution in [3.05, 3.63) is 46.5 Å². The Morgan fingerprint density at radius 1 is 1.43 bits per heavy atom. The first-order chi connectivity index (χ1) is 6.81. The average molecular weight is 181 g/mol. The van der Waals surface area contributed by atoms with Gasteiger partial charge >= 0.3 is 0 Å². The van der Waals surface area contributed by atoms with Crippen LogP contribution in [-0.4, -0.2) is 0 Å². The van der Waals surface area contributed by atoms with Crippen LogP contribution in [0.25, 0.3) is 0 Å². The van der Waals surface area contributed by atoms with Gasteiger partial charge in [0, 0.05) is 11.8 Å². The lowest BCUT2D eigenvalue weighted by Gasteiger charge is -2.14. The topological polar surface area (TPSA) is 23.8 Å². The summed E-state index contributed by atoms with van der Waals surface area (Å²) in [5, 5.41) is 9.03. The lowest BCUT2D eigenvalue weighted by atomic mass is 9.89. The predicted octanol–water partition coefficient (Wildman–Crippen LogP) is 3.09. The Morgan fingerprint density at radius 3 is 3.07 bits per heavy atom. The first-order valence-corrected chi connectivity index (χ1v) is 5.02. The molecule has 2 atom stereocenters. The molecule has 0 N–H and O–H groups in total. The van der Waals surface area contributed by atoms with Crippen molar-refractivity contribution in [2.75, 3.05) is 0 Å². The molecule has 3 rings (SSSR count). The van der Waals surface area contributed by atoms with Crippen molar-refractivity contribution in [2.45, 2.75) is 25.2 Å². The van der Waals surface area contributed by atoms with E-state index in [1.165, 1.54) is 23.1 Å². The van der Waals surface area contributed by atoms with E-state index in [2.05, 4.69) is 25.1 Å². The second-order valence-electron chi connectivity index (χ2n) is 4.23. The molecule has 68 valence electrons. The van der Waals surface area contributed by atoms with Crippen molar-refractivity contribution in [2.24, 2.45) is 0 Å². The number of benzene rings is 1. The van der Waals surface area contributed by atoms with Crippen molar-refractivity contribution in [3.8, 4) is 6.07 Å². The van der Waals surface area contributed by atoms with Crippen LogP contribution in [0.1, 0.15) is 41.9 Å². The van der Waals surface area contributed by atoms with Gasteiger partial charge in [-0.25, -0.2) is 0 Å². The third kappa shape index (κ3) is 0.786. The van der Waals surface area contributed by atoms with Crippen LogP contribution in [-0.2, 0) is 0 Å². The number of nitriles is 1. The number of hydrogen-bond acceptors (Lipinski definition) is 1. The smallest absolute Gasteiger partial charge is 0.0994 e. The van der Waals surface area contributed by atoms with Gasteiger partial charge < -0.3 is 0 Å². The molecule has 0 fully saturated rings. The maximum atomic E-state index is 9.03. The van der Waals surface area contributed by atoms with E-state index in [4.69, 9.17) is 5.26 Å². The van der Waals surface area contributed by atoms with E-state index >= 15 is 0 Å². The Labute approximate surface area is 83.7 Å². The summed E-state index contributed by atoms with van der Waals surface area (Å²) in [6, 6.07) is 8.41. The second-order valence-corrected chi connectivity index (χ2v) is 4.23. The number of hydrogen-bond donors (Lipinski definition) is 0. The highest BCUT2D eigenvalue weighted by Gasteiger charge is 2.37. The zero-order valence-electron chi connectivity index (χ0n) is 8.12. The third-order valence-electron chi connectivity index (χ3n) is 3.51. The fourth-order valence-corrected chi connectivity index (χ4v) is 2.91. The van der Waals surface area contributed by atoms with Gasteiger partial charge in [-0.15, -0.1) is 0 Å². The molecule has 1 nitrogen and oxygen atoms in total. The van der Waals surface area contributed by atoms with Crippen LogP contribution >= 0.6 is 0 Å². The molecular weight excluding hydrogens is 170 g/mol. The summed E-state index contributed by atoms with van der Waals surface area (Å²) in [5.41, 5.74) is 5.05. The minimum Gasteiger partial charge on any atom is -0.192 e. The molecule has 2 aliphatic carbocycles. The third-order valence-corrected chi connectivity index (χ3v) is 3.51. The number of fused-ring (bicyclic) bond motifs is 5. The van der Waals surface area contributed by atoms with E-state index in [1.54, 1.807) is 0 Å². The average Bonchev–Trinajstić information content (AvgIpc) is 2.74. The molecule has 0 radical (unpaired) electrons. The van der Waals surface area contributed by atoms with Crippen LogP contribution < -0.4 is 0 Å². The van der Waals surface area contributed by atoms with Gasteiger partial charge in [0.1, 0.15) is 0 Å². The van der Waals surface area contributed by atoms with E-state index in [0.29, 0.717) is 11.8 Å². The molecule has 1 heteroatoms. The summed E-state index contributed by atoms with van der Waals surface area (Å²) >= 11 is 0. The summed E-state index contributed by atoms with van der Waals surface area (Å²) < 4.78 is 0. The van der Waals surface area contributed by atoms with Crippen molar-refractivity contribution < 1.29 is 0 Å². The first-order valence-electron chi connectivity index (χ1n) is 5.02. The van der Waals surface area contributed by atoms with Crippen molar-refractivity contribution in [1.82, 2.24) is 0 Å². The molecule has 0 aliphatic heterocycles. The molecule has 0 heterocycles. The van der Waals surface area contributed by atoms with Crippen LogP contribution in [0.4, 0.5) is 0 Å². The Morgan fingerprint density at radius 2 is 2.29 bits per heavy atom. The lowest BCUT2D eigenvalue weighted by molar-refractivity contribution is 0.784. The van der Waals surface area contributed by atoms with Crippen molar-refractivity contribution in [1.29, 1.82) is 5.26 Å². The van der Waals surface area contributed by atoms with Gasteiger partial charge in [-0.05, 0) is 30.5 Å². The zero-order chi connectivity index (χ0) is 9.71. The fourth-order valence-electron chi connectivity index (χ4n) is 2.91. The maximum absolute atomic E-state index is 9.03. The SMILES string of the molecule is CC1=C[C@@H]2C[C@H]1c1cccc(C#N)c12. The minimum absolute atomic E-state index is 0.519. The summed E-state index contributed by atoms with van der Waals surface area (Å²) in [4.78, 5) is 0. The highest BCUT2D eigenvalue weighted by Crippen LogP contribution is 2.52. The van der Waals surface area contributed by atoms with Gasteiger partial charge in [0.2, 0.25) is 0 Å². The minimum atomic E-state index is 0.519. The van der Waals surface area contributed by atoms with Crippen LogP contribution in [0.3, 0.4) is 0 Å². The van der Waals surface area contributed by atoms with Crippen LogP contribution in [0.2, 0.25) is 0 Å². The molecule has 0 amide bonds. The van der Waals surface area contributed by atoms with E-state index < -0.39 is 0 Å². The van der Waals surface area contributed by atoms with Crippen LogP contribution in [0.5, 0.6) is 0 Å². The Balaban J connectivity index is 2.27. The van der Waals surface area contributed by atoms with Crippen LogP contribution in [0.15, 0.2) is 29.8 Å². The maximum Gasteiger partial charge on any atom is 0.0994 e. The first kappa shape index (κ1) is 7.82. The summed E-state index contributed by atoms with van der Waals surface area (Å²) in [5.74, 6) is 1.12. The largest absolute Gasteiger partial charge is 0.192 e. The molecular formula is C13H11N. The highest BCUT2D eigenvalue weighted by atomic mass is 14.4. The number of nitrogens with zero attached hydrogens (tertiary/aromatic N) is 1. The molecule has 0 aromatic heterocycles. The molecule has 14 heavy (non-hydrogen) atoms. The molecule has 1 aromatic carbocycles. The van der Waals surface area contributed by atoms with Crippen LogP contribution in [0, 0.1) is 11.3 Å². The Kier molecular flexibility index (Phi) is 1.39. The molecule has 0 unspecified atom stereocenters. The van der Waals surface area contributed by atoms with E-state index in [1.807, 2.05) is 12.1 Å². The second kappa shape index (κ2) is 2.48. The summed E-state index contributed by atoms with van der Waals surface area (Å²) in [7, 11) is 0. The fraction of sp³-hybridized carbons (Fsp3) is 0.308. The number of allylic oxidation sites excluding steroid dienone is 2. The summed E-state index contributed by atoms with van der Waals surface area (Å²) in [6.45, 7) is 2.20. The monoisotopic (exact) mass is 181 g/mol. The lowest BCUT2D eigenvalue weighted by Crippen LogP contribution is -1.99. The van der Waals surface area contributed by atoms with Gasteiger partial charge in [-0.3, -0.25) is 0 Å². The summed E-state index contributed by atoms with van der Waals surface area (Å²) in [6.07, 6.45) is 3.52. The molecule has 2 bridgehead atoms. The van der Waals surface area contributed by atoms with Gasteiger partial charge in [0.05, 0.1) is 11.6 Å². The van der Waals surface area contributed by atoms with Gasteiger partial charge in [0.25, 0.3) is 0 Å². The van der Waals surface area contributed by atoms with E-state index in [0.717, 1.165) is 5.56 Å². The quantitative estimate of drug-likeness (QED) is 0.564. The molecule has 0 saturated carbocycles. The van der Waals surface area contributed by atoms with E-state index in [9.17, 15) is 0 Å². The Bertz CT molecular complexity index is 476. The standard InChI is InChI=1S/C13H11N/c1-8-5-10-6-12(8)11-4-2-3-9(7-14)13(10)11/h2-5,10,12H,6H2,1H3/t10-,12-/m1/s1. The number of rotatable bonds is 0. The molecule has 0 spiro atoms. The molecule has 1 aromatic rings. The van der Waals surface area contributed by atoms with Gasteiger partial charge in [0.15, 0.2) is 0 Å². The van der Waals surface area contributed by atoms with E-state index in [-0.39, 0.29) is 0 Å². The molecule has 0 saturated heterocycles. The van der Waals surface area contributed by atoms with Gasteiger partial charge in [-0.2, -0.15) is 5.26 Å². The Hall–Kier alpha value is -1.55. The van der Waals surface area contributed by atoms with Crippen molar-refractivity contribution in [3.63, 3.8) is 0 Å². The predicted molar refractivity (Wildman–Crippen MR) is 55.0 cm³/mol. The molecule has 2 aliphatic rings. The van der Waals surface area contributed by atoms with Crippen molar-refractivity contribution >= 4 is 0 Å². The normalized spacial score (nSPS) is 27.0. The zero-order valence-corrected chi connectivity index (χ0v) is 8.12.